The summed E-state index contributed by atoms with van der Waals surface area (Å²) in [4.78, 5) is 33.2. The van der Waals surface area contributed by atoms with Crippen molar-refractivity contribution in [1.29, 1.82) is 0 Å². The van der Waals surface area contributed by atoms with Gasteiger partial charge in [-0.15, -0.1) is 0 Å². The fourth-order valence-electron chi connectivity index (χ4n) is 2.32. The summed E-state index contributed by atoms with van der Waals surface area (Å²) < 4.78 is 5.31. The third kappa shape index (κ3) is 3.49. The number of H-pyrrole nitrogens is 1. The number of pyridine rings is 1. The number of nitrogens with zero attached hydrogens (tertiary/aromatic N) is 2. The fraction of sp³-hybridized carbons (Fsp3) is 0.267. The van der Waals surface area contributed by atoms with E-state index in [2.05, 4.69) is 20.8 Å². The lowest BCUT2D eigenvalue weighted by Gasteiger charge is -2.29. The van der Waals surface area contributed by atoms with Crippen molar-refractivity contribution in [3.63, 3.8) is 0 Å². The zero-order valence-corrected chi connectivity index (χ0v) is 12.4. The van der Waals surface area contributed by atoms with Crippen LogP contribution in [0.15, 0.2) is 36.7 Å². The molecule has 120 valence electrons. The van der Waals surface area contributed by atoms with E-state index in [1.54, 1.807) is 36.7 Å². The smallest absolute Gasteiger partial charge is 0.286 e. The van der Waals surface area contributed by atoms with Crippen LogP contribution in [0, 0.1) is 0 Å². The fourth-order valence-corrected chi connectivity index (χ4v) is 2.32. The summed E-state index contributed by atoms with van der Waals surface area (Å²) in [5.41, 5.74) is 5.55. The van der Waals surface area contributed by atoms with Gasteiger partial charge < -0.3 is 14.6 Å². The largest absolute Gasteiger partial charge is 0.378 e. The number of amides is 2. The molecule has 23 heavy (non-hydrogen) atoms. The van der Waals surface area contributed by atoms with Crippen molar-refractivity contribution in [3.05, 3.63) is 47.9 Å². The highest BCUT2D eigenvalue weighted by atomic mass is 16.5. The first-order chi connectivity index (χ1) is 11.3. The van der Waals surface area contributed by atoms with E-state index in [4.69, 9.17) is 4.74 Å². The number of hydrogen-bond acceptors (Lipinski definition) is 5. The van der Waals surface area contributed by atoms with E-state index in [1.165, 1.54) is 0 Å². The maximum Gasteiger partial charge on any atom is 0.286 e. The monoisotopic (exact) mass is 315 g/mol. The molecule has 1 aliphatic heterocycles. The van der Waals surface area contributed by atoms with Gasteiger partial charge in [-0.25, -0.2) is 4.98 Å². The minimum Gasteiger partial charge on any atom is -0.378 e. The second-order valence-corrected chi connectivity index (χ2v) is 4.97. The molecule has 2 amide bonds. The van der Waals surface area contributed by atoms with Crippen LogP contribution < -0.4 is 15.8 Å². The van der Waals surface area contributed by atoms with E-state index in [0.717, 1.165) is 0 Å². The van der Waals surface area contributed by atoms with Gasteiger partial charge in [-0.05, 0) is 24.3 Å². The van der Waals surface area contributed by atoms with Gasteiger partial charge in [0.05, 0.1) is 18.8 Å². The quantitative estimate of drug-likeness (QED) is 0.709. The lowest BCUT2D eigenvalue weighted by molar-refractivity contribution is 0.0843. The molecule has 0 radical (unpaired) electrons. The number of aromatic amines is 1. The predicted octanol–water partition coefficient (Wildman–Crippen LogP) is 0.321. The first-order valence-corrected chi connectivity index (χ1v) is 7.27. The van der Waals surface area contributed by atoms with Gasteiger partial charge in [0, 0.05) is 25.5 Å². The molecule has 1 fully saturated rings. The standard InChI is InChI=1S/C15H17N5O3/c21-14(18-19-15(22)12-4-2-5-16-12)11-3-1-6-17-13(11)20-7-9-23-10-8-20/h1-6,16H,7-10H2,(H,18,21)(H,19,22). The molecular formula is C15H17N5O3. The van der Waals surface area contributed by atoms with Gasteiger partial charge in [-0.3, -0.25) is 20.4 Å². The van der Waals surface area contributed by atoms with Crippen LogP contribution in [0.25, 0.3) is 0 Å². The van der Waals surface area contributed by atoms with Crippen LogP contribution in [0.4, 0.5) is 5.82 Å². The lowest BCUT2D eigenvalue weighted by atomic mass is 10.2. The summed E-state index contributed by atoms with van der Waals surface area (Å²) in [6, 6.07) is 6.68. The molecule has 2 aromatic heterocycles. The Hall–Kier alpha value is -2.87. The van der Waals surface area contributed by atoms with Crippen molar-refractivity contribution in [2.24, 2.45) is 0 Å². The molecule has 0 aliphatic carbocycles. The number of hydrogen-bond donors (Lipinski definition) is 3. The molecule has 0 spiro atoms. The molecule has 1 saturated heterocycles. The minimum atomic E-state index is -0.417. The SMILES string of the molecule is O=C(NNC(=O)c1cccnc1N1CCOCC1)c1ccc[nH]1. The molecule has 3 heterocycles. The van der Waals surface area contributed by atoms with Crippen LogP contribution in [-0.4, -0.2) is 48.1 Å². The average Bonchev–Trinajstić information content (AvgIpc) is 3.15. The molecule has 0 bridgehead atoms. The van der Waals surface area contributed by atoms with Gasteiger partial charge in [0.15, 0.2) is 0 Å². The van der Waals surface area contributed by atoms with Crippen LogP contribution in [0.5, 0.6) is 0 Å². The van der Waals surface area contributed by atoms with Gasteiger partial charge in [-0.1, -0.05) is 0 Å². The Morgan fingerprint density at radius 1 is 1.13 bits per heavy atom. The number of hydrazine groups is 1. The zero-order valence-electron chi connectivity index (χ0n) is 12.4. The number of nitrogens with one attached hydrogen (secondary N) is 3. The second-order valence-electron chi connectivity index (χ2n) is 4.97. The molecule has 0 unspecified atom stereocenters. The summed E-state index contributed by atoms with van der Waals surface area (Å²) in [6.45, 7) is 2.54. The van der Waals surface area contributed by atoms with E-state index in [-0.39, 0.29) is 0 Å². The number of ether oxygens (including phenoxy) is 1. The Morgan fingerprint density at radius 2 is 1.91 bits per heavy atom. The second kappa shape index (κ2) is 6.93. The molecule has 8 nitrogen and oxygen atoms in total. The van der Waals surface area contributed by atoms with Crippen molar-refractivity contribution < 1.29 is 14.3 Å². The van der Waals surface area contributed by atoms with Crippen molar-refractivity contribution in [3.8, 4) is 0 Å². The molecule has 0 atom stereocenters. The Bertz CT molecular complexity index is 680. The third-order valence-electron chi connectivity index (χ3n) is 3.47. The van der Waals surface area contributed by atoms with Crippen LogP contribution in [0.3, 0.4) is 0 Å². The van der Waals surface area contributed by atoms with Crippen molar-refractivity contribution in [2.45, 2.75) is 0 Å². The summed E-state index contributed by atoms with van der Waals surface area (Å²) in [7, 11) is 0. The Balaban J connectivity index is 1.68. The van der Waals surface area contributed by atoms with Gasteiger partial charge in [0.1, 0.15) is 11.5 Å². The average molecular weight is 315 g/mol. The number of carbonyl (C=O) groups is 2. The summed E-state index contributed by atoms with van der Waals surface area (Å²) in [5, 5.41) is 0. The lowest BCUT2D eigenvalue weighted by Crippen LogP contribution is -2.43. The summed E-state index contributed by atoms with van der Waals surface area (Å²) in [6.07, 6.45) is 3.27. The van der Waals surface area contributed by atoms with E-state index in [1.807, 2.05) is 4.90 Å². The molecule has 3 rings (SSSR count). The molecule has 1 aliphatic rings. The molecule has 0 aromatic carbocycles. The highest BCUT2D eigenvalue weighted by Crippen LogP contribution is 2.18. The highest BCUT2D eigenvalue weighted by molar-refractivity contribution is 6.01. The first kappa shape index (κ1) is 15.0. The van der Waals surface area contributed by atoms with Crippen molar-refractivity contribution in [2.75, 3.05) is 31.2 Å². The third-order valence-corrected chi connectivity index (χ3v) is 3.47. The molecule has 3 N–H and O–H groups in total. The number of anilines is 1. The molecule has 8 heteroatoms. The first-order valence-electron chi connectivity index (χ1n) is 7.27. The van der Waals surface area contributed by atoms with Gasteiger partial charge in [0.2, 0.25) is 0 Å². The topological polar surface area (TPSA) is 99.3 Å². The van der Waals surface area contributed by atoms with Gasteiger partial charge in [-0.2, -0.15) is 0 Å². The van der Waals surface area contributed by atoms with E-state index >= 15 is 0 Å². The van der Waals surface area contributed by atoms with E-state index < -0.39 is 11.8 Å². The van der Waals surface area contributed by atoms with E-state index in [9.17, 15) is 9.59 Å². The number of aromatic nitrogens is 2. The Morgan fingerprint density at radius 3 is 2.65 bits per heavy atom. The van der Waals surface area contributed by atoms with Gasteiger partial charge in [0.25, 0.3) is 11.8 Å². The minimum absolute atomic E-state index is 0.366. The molecular weight excluding hydrogens is 298 g/mol. The van der Waals surface area contributed by atoms with Gasteiger partial charge >= 0.3 is 0 Å². The maximum atomic E-state index is 12.3. The Kier molecular flexibility index (Phi) is 4.53. The number of carbonyl (C=O) groups excluding carboxylic acids is 2. The number of morpholine rings is 1. The van der Waals surface area contributed by atoms with Crippen LogP contribution in [-0.2, 0) is 4.74 Å². The molecule has 2 aromatic rings. The van der Waals surface area contributed by atoms with Crippen molar-refractivity contribution >= 4 is 17.6 Å². The van der Waals surface area contributed by atoms with Crippen molar-refractivity contribution in [1.82, 2.24) is 20.8 Å². The summed E-state index contributed by atoms with van der Waals surface area (Å²) in [5.74, 6) is -0.248. The maximum absolute atomic E-state index is 12.3. The Labute approximate surface area is 132 Å². The van der Waals surface area contributed by atoms with Crippen LogP contribution in [0.1, 0.15) is 20.8 Å². The predicted molar refractivity (Wildman–Crippen MR) is 83.0 cm³/mol. The normalized spacial score (nSPS) is 14.3. The zero-order chi connectivity index (χ0) is 16.1. The number of rotatable bonds is 3. The van der Waals surface area contributed by atoms with E-state index in [0.29, 0.717) is 43.4 Å². The summed E-state index contributed by atoms with van der Waals surface area (Å²) >= 11 is 0. The van der Waals surface area contributed by atoms with Crippen LogP contribution in [0.2, 0.25) is 0 Å². The van der Waals surface area contributed by atoms with Crippen LogP contribution >= 0.6 is 0 Å². The molecule has 0 saturated carbocycles. The highest BCUT2D eigenvalue weighted by Gasteiger charge is 2.20.